The minimum absolute atomic E-state index is 0.0673. The van der Waals surface area contributed by atoms with Gasteiger partial charge in [0.25, 0.3) is 5.91 Å². The summed E-state index contributed by atoms with van der Waals surface area (Å²) in [5.41, 5.74) is 2.18. The quantitative estimate of drug-likeness (QED) is 0.483. The van der Waals surface area contributed by atoms with Gasteiger partial charge in [-0.2, -0.15) is 0 Å². The molecule has 2 atom stereocenters. The lowest BCUT2D eigenvalue weighted by Crippen LogP contribution is -2.49. The van der Waals surface area contributed by atoms with Gasteiger partial charge in [-0.3, -0.25) is 9.69 Å². The van der Waals surface area contributed by atoms with Gasteiger partial charge < -0.3 is 38.4 Å². The molecule has 0 saturated carbocycles. The molecule has 2 aromatic rings. The Balaban J connectivity index is 1.10. The fourth-order valence-corrected chi connectivity index (χ4v) is 5.28. The summed E-state index contributed by atoms with van der Waals surface area (Å²) in [6, 6.07) is 11.9. The summed E-state index contributed by atoms with van der Waals surface area (Å²) < 4.78 is 34.0. The predicted molar refractivity (Wildman–Crippen MR) is 140 cm³/mol. The first kappa shape index (κ1) is 25.8. The van der Waals surface area contributed by atoms with Crippen LogP contribution < -0.4 is 18.9 Å². The van der Waals surface area contributed by atoms with Crippen LogP contribution >= 0.6 is 0 Å². The molecule has 10 nitrogen and oxygen atoms in total. The van der Waals surface area contributed by atoms with Crippen LogP contribution in [-0.4, -0.2) is 80.1 Å². The Bertz CT molecular complexity index is 1210. The van der Waals surface area contributed by atoms with E-state index in [2.05, 4.69) is 11.0 Å². The summed E-state index contributed by atoms with van der Waals surface area (Å²) in [5, 5.41) is 9.09. The molecule has 1 N–H and O–H groups in total. The second kappa shape index (κ2) is 11.7. The Morgan fingerprint density at radius 1 is 0.897 bits per heavy atom. The van der Waals surface area contributed by atoms with Gasteiger partial charge in [-0.1, -0.05) is 12.1 Å². The maximum absolute atomic E-state index is 13.6. The van der Waals surface area contributed by atoms with Gasteiger partial charge in [0.05, 0.1) is 6.61 Å². The van der Waals surface area contributed by atoms with Crippen LogP contribution in [0, 0.1) is 0 Å². The Hall–Kier alpha value is -3.47. The van der Waals surface area contributed by atoms with E-state index in [9.17, 15) is 4.79 Å². The van der Waals surface area contributed by atoms with Gasteiger partial charge in [0.2, 0.25) is 19.9 Å². The highest BCUT2D eigenvalue weighted by molar-refractivity contribution is 5.92. The summed E-state index contributed by atoms with van der Waals surface area (Å²) in [6.45, 7) is 4.60. The van der Waals surface area contributed by atoms with E-state index in [1.165, 1.54) is 0 Å². The summed E-state index contributed by atoms with van der Waals surface area (Å²) in [6.07, 6.45) is 3.33. The van der Waals surface area contributed by atoms with Crippen LogP contribution in [0.3, 0.4) is 0 Å². The Labute approximate surface area is 227 Å². The summed E-state index contributed by atoms with van der Waals surface area (Å²) >= 11 is 0. The second-order valence-electron chi connectivity index (χ2n) is 10.1. The van der Waals surface area contributed by atoms with E-state index in [4.69, 9.17) is 33.5 Å². The van der Waals surface area contributed by atoms with Crippen LogP contribution in [0.2, 0.25) is 0 Å². The van der Waals surface area contributed by atoms with Gasteiger partial charge >= 0.3 is 0 Å². The number of piperazine rings is 1. The van der Waals surface area contributed by atoms with Crippen LogP contribution in [0.25, 0.3) is 0 Å². The molecule has 0 radical (unpaired) electrons. The van der Waals surface area contributed by atoms with E-state index in [1.54, 1.807) is 0 Å². The number of aliphatic hydroxyl groups is 1. The number of ether oxygens (including phenoxy) is 6. The zero-order valence-corrected chi connectivity index (χ0v) is 21.9. The fourth-order valence-electron chi connectivity index (χ4n) is 5.28. The number of benzene rings is 2. The zero-order chi connectivity index (χ0) is 26.6. The number of allylic oxidation sites excluding steroid dienone is 1. The van der Waals surface area contributed by atoms with E-state index < -0.39 is 6.29 Å². The van der Waals surface area contributed by atoms with E-state index >= 15 is 0 Å². The topological polar surface area (TPSA) is 99.2 Å². The molecule has 0 bridgehead atoms. The molecule has 4 heterocycles. The minimum atomic E-state index is -0.546. The molecule has 1 saturated heterocycles. The fraction of sp³-hybridized carbons (Fsp3) is 0.483. The molecule has 6 rings (SSSR count). The maximum Gasteiger partial charge on any atom is 0.288 e. The van der Waals surface area contributed by atoms with Crippen LogP contribution in [0.1, 0.15) is 36.3 Å². The lowest BCUT2D eigenvalue weighted by atomic mass is 9.92. The van der Waals surface area contributed by atoms with Gasteiger partial charge in [0, 0.05) is 51.7 Å². The molecule has 1 amide bonds. The highest BCUT2D eigenvalue weighted by Gasteiger charge is 2.33. The molecule has 0 spiro atoms. The number of hydrogen-bond donors (Lipinski definition) is 1. The molecule has 208 valence electrons. The zero-order valence-electron chi connectivity index (χ0n) is 21.9. The number of amides is 1. The smallest absolute Gasteiger partial charge is 0.288 e. The Kier molecular flexibility index (Phi) is 7.76. The van der Waals surface area contributed by atoms with Crippen LogP contribution in [0.5, 0.6) is 23.0 Å². The number of carbonyl (C=O) groups is 1. The van der Waals surface area contributed by atoms with E-state index in [0.29, 0.717) is 44.0 Å². The van der Waals surface area contributed by atoms with E-state index in [1.807, 2.05) is 41.3 Å². The van der Waals surface area contributed by atoms with Crippen LogP contribution in [-0.2, 0) is 20.8 Å². The molecule has 39 heavy (non-hydrogen) atoms. The highest BCUT2D eigenvalue weighted by Crippen LogP contribution is 2.39. The molecular weight excluding hydrogens is 504 g/mol. The van der Waals surface area contributed by atoms with Crippen molar-refractivity contribution < 1.29 is 38.3 Å². The molecular formula is C29H34N2O8. The van der Waals surface area contributed by atoms with Gasteiger partial charge in [-0.15, -0.1) is 0 Å². The lowest BCUT2D eigenvalue weighted by Gasteiger charge is -2.36. The van der Waals surface area contributed by atoms with Crippen molar-refractivity contribution in [2.45, 2.75) is 38.0 Å². The van der Waals surface area contributed by atoms with Crippen molar-refractivity contribution in [3.63, 3.8) is 0 Å². The lowest BCUT2D eigenvalue weighted by molar-refractivity contribution is -0.154. The van der Waals surface area contributed by atoms with Gasteiger partial charge in [0.15, 0.2) is 28.8 Å². The molecule has 4 aliphatic rings. The van der Waals surface area contributed by atoms with Crippen molar-refractivity contribution in [1.29, 1.82) is 0 Å². The average molecular weight is 539 g/mol. The predicted octanol–water partition coefficient (Wildman–Crippen LogP) is 2.99. The summed E-state index contributed by atoms with van der Waals surface area (Å²) in [7, 11) is 0. The monoisotopic (exact) mass is 538 g/mol. The molecule has 0 aromatic heterocycles. The molecule has 1 fully saturated rings. The number of rotatable bonds is 9. The van der Waals surface area contributed by atoms with Gasteiger partial charge in [-0.25, -0.2) is 0 Å². The Morgan fingerprint density at radius 2 is 1.62 bits per heavy atom. The molecule has 0 aliphatic carbocycles. The van der Waals surface area contributed by atoms with E-state index in [0.717, 1.165) is 54.4 Å². The number of aliphatic hydroxyl groups excluding tert-OH is 1. The van der Waals surface area contributed by atoms with Crippen molar-refractivity contribution in [3.05, 3.63) is 59.4 Å². The molecule has 0 unspecified atom stereocenters. The van der Waals surface area contributed by atoms with Crippen molar-refractivity contribution in [3.8, 4) is 23.0 Å². The number of unbranched alkanes of at least 4 members (excludes halogenated alkanes) is 1. The van der Waals surface area contributed by atoms with Gasteiger partial charge in [-0.05, 0) is 54.3 Å². The summed E-state index contributed by atoms with van der Waals surface area (Å²) in [5.74, 6) is 3.13. The maximum atomic E-state index is 13.6. The second-order valence-corrected chi connectivity index (χ2v) is 10.1. The third-order valence-corrected chi connectivity index (χ3v) is 7.45. The van der Waals surface area contributed by atoms with Crippen molar-refractivity contribution in [2.75, 3.05) is 53.0 Å². The highest BCUT2D eigenvalue weighted by atomic mass is 16.7. The average Bonchev–Trinajstić information content (AvgIpc) is 3.64. The third kappa shape index (κ3) is 5.93. The Morgan fingerprint density at radius 3 is 2.38 bits per heavy atom. The third-order valence-electron chi connectivity index (χ3n) is 7.45. The van der Waals surface area contributed by atoms with Crippen LogP contribution in [0.15, 0.2) is 48.2 Å². The number of carbonyl (C=O) groups excluding carboxylic acids is 1. The summed E-state index contributed by atoms with van der Waals surface area (Å²) in [4.78, 5) is 17.8. The minimum Gasteiger partial charge on any atom is -0.459 e. The normalized spacial score (nSPS) is 22.0. The van der Waals surface area contributed by atoms with Crippen molar-refractivity contribution >= 4 is 5.91 Å². The number of hydrogen-bond acceptors (Lipinski definition) is 9. The largest absolute Gasteiger partial charge is 0.459 e. The van der Waals surface area contributed by atoms with Gasteiger partial charge in [0.1, 0.15) is 0 Å². The van der Waals surface area contributed by atoms with Crippen molar-refractivity contribution in [1.82, 2.24) is 9.80 Å². The van der Waals surface area contributed by atoms with Crippen LogP contribution in [0.4, 0.5) is 0 Å². The number of fused-ring (bicyclic) bond motifs is 2. The molecule has 10 heteroatoms. The van der Waals surface area contributed by atoms with E-state index in [-0.39, 0.29) is 32.0 Å². The SMILES string of the molecule is O=C(C1=C[C@@H](c2ccc3c(c2)OCO3)C[C@@H](OCCCCO)O1)N1CCN(Cc2ccc3c(c2)OCO3)CC1. The van der Waals surface area contributed by atoms with Crippen molar-refractivity contribution in [2.24, 2.45) is 0 Å². The molecule has 2 aromatic carbocycles. The standard InChI is InChI=1S/C29H34N2O8/c32-11-1-2-12-34-28-16-22(21-4-6-24-26(14-21)38-19-36-24)15-27(39-28)29(33)31-9-7-30(8-10-31)17-20-3-5-23-25(13-20)37-18-35-23/h3-6,13-15,22,28,32H,1-2,7-12,16-19H2/t22-,28+/m1/s1. The number of nitrogens with zero attached hydrogens (tertiary/aromatic N) is 2. The first-order valence-corrected chi connectivity index (χ1v) is 13.6. The first-order valence-electron chi connectivity index (χ1n) is 13.6. The first-order chi connectivity index (χ1) is 19.2. The molecule has 4 aliphatic heterocycles.